The van der Waals surface area contributed by atoms with Crippen LogP contribution in [0.15, 0.2) is 54.6 Å². The van der Waals surface area contributed by atoms with Crippen LogP contribution in [-0.2, 0) is 16.0 Å². The normalized spacial score (nSPS) is 12.2. The van der Waals surface area contributed by atoms with Gasteiger partial charge in [0.15, 0.2) is 0 Å². The van der Waals surface area contributed by atoms with Crippen molar-refractivity contribution < 1.29 is 14.3 Å². The first-order valence-corrected chi connectivity index (χ1v) is 8.82. The zero-order valence-corrected chi connectivity index (χ0v) is 16.1. The van der Waals surface area contributed by atoms with Crippen molar-refractivity contribution >= 4 is 52.3 Å². The van der Waals surface area contributed by atoms with Gasteiger partial charge < -0.3 is 15.4 Å². The number of nitrogens with one attached hydrogen (secondary N) is 2. The molecule has 5 nitrogen and oxygen atoms in total. The predicted octanol–water partition coefficient (Wildman–Crippen LogP) is 4.08. The largest absolute Gasteiger partial charge is 0.466 e. The van der Waals surface area contributed by atoms with Crippen LogP contribution in [0.5, 0.6) is 5.75 Å². The van der Waals surface area contributed by atoms with E-state index >= 15 is 0 Å². The Bertz CT molecular complexity index is 764. The Morgan fingerprint density at radius 1 is 1.08 bits per heavy atom. The van der Waals surface area contributed by atoms with Gasteiger partial charge in [-0.25, -0.2) is 0 Å². The van der Waals surface area contributed by atoms with Crippen LogP contribution in [0.25, 0.3) is 0 Å². The molecule has 2 aromatic carbocycles. The van der Waals surface area contributed by atoms with E-state index < -0.39 is 10.0 Å². The fourth-order valence-corrected chi connectivity index (χ4v) is 2.44. The molecule has 26 heavy (non-hydrogen) atoms. The predicted molar refractivity (Wildman–Crippen MR) is 104 cm³/mol. The van der Waals surface area contributed by atoms with Crippen molar-refractivity contribution in [2.24, 2.45) is 0 Å². The fraction of sp³-hybridized carbons (Fsp3) is 0.222. The zero-order chi connectivity index (χ0) is 19.2. The molecular formula is C18H17Cl3N2O3. The summed E-state index contributed by atoms with van der Waals surface area (Å²) < 4.78 is 3.74. The van der Waals surface area contributed by atoms with Crippen LogP contribution in [0.3, 0.4) is 0 Å². The molecule has 0 unspecified atom stereocenters. The Morgan fingerprint density at radius 3 is 2.38 bits per heavy atom. The summed E-state index contributed by atoms with van der Waals surface area (Å²) in [4.78, 5) is 23.4. The van der Waals surface area contributed by atoms with E-state index in [-0.39, 0.29) is 18.2 Å². The molecule has 0 aliphatic carbocycles. The van der Waals surface area contributed by atoms with Crippen LogP contribution < -0.4 is 15.4 Å². The topological polar surface area (TPSA) is 67.4 Å². The van der Waals surface area contributed by atoms with E-state index in [1.54, 1.807) is 24.3 Å². The Balaban J connectivity index is 2.08. The van der Waals surface area contributed by atoms with Gasteiger partial charge in [0.2, 0.25) is 21.8 Å². The molecule has 2 amide bonds. The smallest absolute Gasteiger partial charge is 0.246 e. The maximum Gasteiger partial charge on any atom is 0.246 e. The van der Waals surface area contributed by atoms with Crippen LogP contribution in [0, 0.1) is 0 Å². The first kappa shape index (κ1) is 20.4. The van der Waals surface area contributed by atoms with Crippen LogP contribution >= 0.6 is 34.8 Å². The molecular weight excluding hydrogens is 399 g/mol. The van der Waals surface area contributed by atoms with Crippen molar-refractivity contribution in [3.8, 4) is 5.75 Å². The molecule has 2 N–H and O–H groups in total. The summed E-state index contributed by atoms with van der Waals surface area (Å²) in [5.74, 6) is -0.255. The number of amides is 2. The summed E-state index contributed by atoms with van der Waals surface area (Å²) >= 11 is 17.8. The average molecular weight is 416 g/mol. The van der Waals surface area contributed by atoms with Crippen LogP contribution in [0.1, 0.15) is 12.5 Å². The molecule has 0 heterocycles. The van der Waals surface area contributed by atoms with Crippen molar-refractivity contribution in [1.82, 2.24) is 5.32 Å². The van der Waals surface area contributed by atoms with Crippen molar-refractivity contribution in [2.45, 2.75) is 23.4 Å². The molecule has 0 aliphatic heterocycles. The van der Waals surface area contributed by atoms with Gasteiger partial charge >= 0.3 is 0 Å². The number of carbonyl (C=O) groups is 2. The van der Waals surface area contributed by atoms with E-state index in [0.29, 0.717) is 11.4 Å². The number of rotatable bonds is 6. The van der Waals surface area contributed by atoms with E-state index in [1.165, 1.54) is 6.92 Å². The second kappa shape index (κ2) is 9.12. The number of carbonyl (C=O) groups excluding carboxylic acids is 2. The number of anilines is 1. The van der Waals surface area contributed by atoms with Gasteiger partial charge in [-0.2, -0.15) is 0 Å². The van der Waals surface area contributed by atoms with Gasteiger partial charge in [-0.3, -0.25) is 9.59 Å². The zero-order valence-electron chi connectivity index (χ0n) is 13.8. The van der Waals surface area contributed by atoms with Gasteiger partial charge in [-0.05, 0) is 17.7 Å². The summed E-state index contributed by atoms with van der Waals surface area (Å²) in [5, 5.41) is 5.20. The molecule has 0 aromatic heterocycles. The van der Waals surface area contributed by atoms with Gasteiger partial charge in [0, 0.05) is 18.7 Å². The molecule has 0 aliphatic rings. The molecule has 0 saturated carbocycles. The SMILES string of the molecule is CC(=O)Nc1cccc(O[C@@H](NC(=O)Cc2ccccc2)C(Cl)(Cl)Cl)c1. The summed E-state index contributed by atoms with van der Waals surface area (Å²) in [6.07, 6.45) is -1.09. The van der Waals surface area contributed by atoms with Crippen LogP contribution in [0.4, 0.5) is 5.69 Å². The van der Waals surface area contributed by atoms with Gasteiger partial charge in [0.25, 0.3) is 0 Å². The van der Waals surface area contributed by atoms with Gasteiger partial charge in [0.05, 0.1) is 6.42 Å². The maximum atomic E-state index is 12.2. The lowest BCUT2D eigenvalue weighted by atomic mass is 10.1. The van der Waals surface area contributed by atoms with Crippen molar-refractivity contribution in [1.29, 1.82) is 0 Å². The lowest BCUT2D eigenvalue weighted by molar-refractivity contribution is -0.122. The Kier molecular flexibility index (Phi) is 7.14. The monoisotopic (exact) mass is 414 g/mol. The summed E-state index contributed by atoms with van der Waals surface area (Å²) in [7, 11) is 0. The molecule has 1 atom stereocenters. The van der Waals surface area contributed by atoms with Gasteiger partial charge in [0.1, 0.15) is 5.75 Å². The minimum atomic E-state index is -1.89. The molecule has 2 aromatic rings. The van der Waals surface area contributed by atoms with E-state index in [9.17, 15) is 9.59 Å². The molecule has 0 spiro atoms. The molecule has 0 saturated heterocycles. The number of alkyl halides is 3. The lowest BCUT2D eigenvalue weighted by Gasteiger charge is -2.26. The highest BCUT2D eigenvalue weighted by molar-refractivity contribution is 6.68. The summed E-state index contributed by atoms with van der Waals surface area (Å²) in [5.41, 5.74) is 1.34. The number of halogens is 3. The van der Waals surface area contributed by atoms with Gasteiger partial charge in [-0.1, -0.05) is 71.2 Å². The van der Waals surface area contributed by atoms with Gasteiger partial charge in [-0.15, -0.1) is 0 Å². The van der Waals surface area contributed by atoms with Crippen LogP contribution in [-0.4, -0.2) is 21.8 Å². The number of benzene rings is 2. The third kappa shape index (κ3) is 6.75. The summed E-state index contributed by atoms with van der Waals surface area (Å²) in [6.45, 7) is 1.39. The fourth-order valence-electron chi connectivity index (χ4n) is 2.14. The third-order valence-corrected chi connectivity index (χ3v) is 3.80. The highest BCUT2D eigenvalue weighted by Crippen LogP contribution is 2.32. The average Bonchev–Trinajstić information content (AvgIpc) is 2.54. The maximum absolute atomic E-state index is 12.2. The minimum Gasteiger partial charge on any atom is -0.466 e. The van der Waals surface area contributed by atoms with E-state index in [1.807, 2.05) is 30.3 Å². The van der Waals surface area contributed by atoms with E-state index in [0.717, 1.165) is 5.56 Å². The molecule has 8 heteroatoms. The van der Waals surface area contributed by atoms with E-state index in [4.69, 9.17) is 39.5 Å². The lowest BCUT2D eigenvalue weighted by Crippen LogP contribution is -2.48. The molecule has 0 bridgehead atoms. The minimum absolute atomic E-state index is 0.118. The number of ether oxygens (including phenoxy) is 1. The van der Waals surface area contributed by atoms with Crippen LogP contribution in [0.2, 0.25) is 0 Å². The van der Waals surface area contributed by atoms with Crippen molar-refractivity contribution in [3.05, 3.63) is 60.2 Å². The quantitative estimate of drug-likeness (QED) is 0.552. The standard InChI is InChI=1S/C18H17Cl3N2O3/c1-12(24)22-14-8-5-9-15(11-14)26-17(18(19,20)21)23-16(25)10-13-6-3-2-4-7-13/h2-9,11,17H,10H2,1H3,(H,22,24)(H,23,25)/t17-/m1/s1. The Hall–Kier alpha value is -1.95. The Morgan fingerprint density at radius 2 is 1.77 bits per heavy atom. The second-order valence-corrected chi connectivity index (χ2v) is 7.85. The molecule has 0 fully saturated rings. The van der Waals surface area contributed by atoms with Crippen molar-refractivity contribution in [3.63, 3.8) is 0 Å². The first-order valence-electron chi connectivity index (χ1n) is 7.68. The number of hydrogen-bond donors (Lipinski definition) is 2. The summed E-state index contributed by atoms with van der Waals surface area (Å²) in [6, 6.07) is 15.7. The molecule has 2 rings (SSSR count). The first-order chi connectivity index (χ1) is 12.2. The highest BCUT2D eigenvalue weighted by Gasteiger charge is 2.36. The molecule has 0 radical (unpaired) electrons. The van der Waals surface area contributed by atoms with Crippen molar-refractivity contribution in [2.75, 3.05) is 5.32 Å². The number of hydrogen-bond acceptors (Lipinski definition) is 3. The third-order valence-electron chi connectivity index (χ3n) is 3.21. The second-order valence-electron chi connectivity index (χ2n) is 5.48. The highest BCUT2D eigenvalue weighted by atomic mass is 35.6. The van der Waals surface area contributed by atoms with E-state index in [2.05, 4.69) is 10.6 Å². The Labute approximate surface area is 166 Å². The molecule has 138 valence electrons.